The van der Waals surface area contributed by atoms with E-state index in [4.69, 9.17) is 5.73 Å². The minimum absolute atomic E-state index is 0.108. The minimum atomic E-state index is -0.468. The minimum Gasteiger partial charge on any atom is -0.369 e. The van der Waals surface area contributed by atoms with Crippen LogP contribution in [0.15, 0.2) is 24.3 Å². The first kappa shape index (κ1) is 13.5. The molecule has 2 rings (SSSR count). The number of nitriles is 1. The van der Waals surface area contributed by atoms with E-state index >= 15 is 0 Å². The van der Waals surface area contributed by atoms with Crippen LogP contribution >= 0.6 is 0 Å². The zero-order valence-electron chi connectivity index (χ0n) is 10.6. The molecular weight excluding hydrogens is 245 g/mol. The first-order valence-corrected chi connectivity index (χ1v) is 6.30. The highest BCUT2D eigenvalue weighted by atomic mass is 19.1. The lowest BCUT2D eigenvalue weighted by Crippen LogP contribution is -2.40. The van der Waals surface area contributed by atoms with E-state index in [0.29, 0.717) is 31.5 Å². The molecule has 0 saturated carbocycles. The Morgan fingerprint density at radius 1 is 1.47 bits per heavy atom. The van der Waals surface area contributed by atoms with Crippen LogP contribution in [-0.2, 0) is 4.79 Å². The second kappa shape index (κ2) is 5.81. The fraction of sp³-hybridized carbons (Fsp3) is 0.429. The Morgan fingerprint density at radius 2 is 2.16 bits per heavy atom. The van der Waals surface area contributed by atoms with Crippen molar-refractivity contribution in [3.8, 4) is 6.07 Å². The zero-order valence-corrected chi connectivity index (χ0v) is 10.6. The maximum Gasteiger partial charge on any atom is 0.220 e. The van der Waals surface area contributed by atoms with Crippen LogP contribution in [-0.4, -0.2) is 23.9 Å². The van der Waals surface area contributed by atoms with Crippen LogP contribution in [0, 0.1) is 23.1 Å². The summed E-state index contributed by atoms with van der Waals surface area (Å²) in [5.41, 5.74) is 5.93. The summed E-state index contributed by atoms with van der Waals surface area (Å²) >= 11 is 0. The molecule has 0 spiro atoms. The Bertz CT molecular complexity index is 504. The summed E-state index contributed by atoms with van der Waals surface area (Å²) in [5.74, 6) is -0.730. The average molecular weight is 261 g/mol. The highest BCUT2D eigenvalue weighted by molar-refractivity contribution is 5.76. The first-order chi connectivity index (χ1) is 9.11. The second-order valence-corrected chi connectivity index (χ2v) is 4.80. The van der Waals surface area contributed by atoms with Gasteiger partial charge >= 0.3 is 0 Å². The lowest BCUT2D eigenvalue weighted by molar-refractivity contribution is -0.123. The SMILES string of the molecule is N#CC(c1cccc(F)c1)N1CCC(C(N)=O)CC1. The van der Waals surface area contributed by atoms with Crippen molar-refractivity contribution in [3.05, 3.63) is 35.6 Å². The van der Waals surface area contributed by atoms with E-state index in [2.05, 4.69) is 6.07 Å². The molecule has 0 aliphatic carbocycles. The van der Waals surface area contributed by atoms with Crippen molar-refractivity contribution in [2.75, 3.05) is 13.1 Å². The molecule has 0 radical (unpaired) electrons. The van der Waals surface area contributed by atoms with E-state index in [1.54, 1.807) is 12.1 Å². The molecule has 1 aromatic rings. The number of amides is 1. The Labute approximate surface area is 111 Å². The van der Waals surface area contributed by atoms with Gasteiger partial charge in [0.25, 0.3) is 0 Å². The van der Waals surface area contributed by atoms with E-state index in [9.17, 15) is 14.4 Å². The molecule has 0 bridgehead atoms. The molecule has 19 heavy (non-hydrogen) atoms. The van der Waals surface area contributed by atoms with Crippen LogP contribution in [0.5, 0.6) is 0 Å². The van der Waals surface area contributed by atoms with Crippen LogP contribution in [0.25, 0.3) is 0 Å². The molecule has 1 amide bonds. The molecule has 1 saturated heterocycles. The lowest BCUT2D eigenvalue weighted by atomic mass is 9.94. The Balaban J connectivity index is 2.08. The van der Waals surface area contributed by atoms with Crippen molar-refractivity contribution in [2.45, 2.75) is 18.9 Å². The highest BCUT2D eigenvalue weighted by Crippen LogP contribution is 2.26. The number of piperidine rings is 1. The summed E-state index contributed by atoms with van der Waals surface area (Å²) in [4.78, 5) is 13.1. The summed E-state index contributed by atoms with van der Waals surface area (Å²) in [6.45, 7) is 1.25. The number of nitrogens with zero attached hydrogens (tertiary/aromatic N) is 2. The summed E-state index contributed by atoms with van der Waals surface area (Å²) < 4.78 is 13.2. The molecule has 5 heteroatoms. The Kier molecular flexibility index (Phi) is 4.13. The van der Waals surface area contributed by atoms with Gasteiger partial charge in [0.05, 0.1) is 6.07 Å². The second-order valence-electron chi connectivity index (χ2n) is 4.80. The standard InChI is InChI=1S/C14H16FN3O/c15-12-3-1-2-11(8-12)13(9-16)18-6-4-10(5-7-18)14(17)19/h1-3,8,10,13H,4-7H2,(H2,17,19). The van der Waals surface area contributed by atoms with Crippen molar-refractivity contribution < 1.29 is 9.18 Å². The molecule has 0 aromatic heterocycles. The van der Waals surface area contributed by atoms with Gasteiger partial charge in [0.2, 0.25) is 5.91 Å². The molecule has 1 atom stereocenters. The van der Waals surface area contributed by atoms with Crippen LogP contribution in [0.1, 0.15) is 24.4 Å². The van der Waals surface area contributed by atoms with Crippen molar-refractivity contribution in [2.24, 2.45) is 11.7 Å². The van der Waals surface area contributed by atoms with Gasteiger partial charge in [0.1, 0.15) is 11.9 Å². The van der Waals surface area contributed by atoms with E-state index in [1.165, 1.54) is 12.1 Å². The number of hydrogen-bond donors (Lipinski definition) is 1. The van der Waals surface area contributed by atoms with Gasteiger partial charge < -0.3 is 5.73 Å². The molecule has 4 nitrogen and oxygen atoms in total. The van der Waals surface area contributed by atoms with Gasteiger partial charge in [-0.3, -0.25) is 9.69 Å². The zero-order chi connectivity index (χ0) is 13.8. The highest BCUT2D eigenvalue weighted by Gasteiger charge is 2.28. The van der Waals surface area contributed by atoms with E-state index in [0.717, 1.165) is 0 Å². The fourth-order valence-corrected chi connectivity index (χ4v) is 2.49. The van der Waals surface area contributed by atoms with Gasteiger partial charge in [0, 0.05) is 19.0 Å². The number of nitrogens with two attached hydrogens (primary N) is 1. The van der Waals surface area contributed by atoms with Crippen LogP contribution in [0.2, 0.25) is 0 Å². The maximum absolute atomic E-state index is 13.2. The summed E-state index contributed by atoms with van der Waals surface area (Å²) in [6, 6.07) is 7.83. The average Bonchev–Trinajstić information content (AvgIpc) is 2.40. The van der Waals surface area contributed by atoms with Gasteiger partial charge in [-0.15, -0.1) is 0 Å². The third-order valence-electron chi connectivity index (χ3n) is 3.58. The number of likely N-dealkylation sites (tertiary alicyclic amines) is 1. The van der Waals surface area contributed by atoms with Crippen LogP contribution < -0.4 is 5.73 Å². The van der Waals surface area contributed by atoms with Gasteiger partial charge in [-0.25, -0.2) is 4.39 Å². The van der Waals surface area contributed by atoms with E-state index in [1.807, 2.05) is 4.90 Å². The number of carbonyl (C=O) groups excluding carboxylic acids is 1. The van der Waals surface area contributed by atoms with Crippen molar-refractivity contribution in [1.82, 2.24) is 4.90 Å². The third-order valence-corrected chi connectivity index (χ3v) is 3.58. The molecule has 1 aliphatic heterocycles. The topological polar surface area (TPSA) is 70.1 Å². The van der Waals surface area contributed by atoms with Crippen molar-refractivity contribution in [1.29, 1.82) is 5.26 Å². The number of halogens is 1. The number of benzene rings is 1. The summed E-state index contributed by atoms with van der Waals surface area (Å²) in [7, 11) is 0. The van der Waals surface area contributed by atoms with Crippen molar-refractivity contribution >= 4 is 5.91 Å². The number of rotatable bonds is 3. The summed E-state index contributed by atoms with van der Waals surface area (Å²) in [6.07, 6.45) is 1.31. The lowest BCUT2D eigenvalue weighted by Gasteiger charge is -2.33. The largest absolute Gasteiger partial charge is 0.369 e. The third kappa shape index (κ3) is 3.09. The predicted molar refractivity (Wildman–Crippen MR) is 68.2 cm³/mol. The molecule has 1 fully saturated rings. The van der Waals surface area contributed by atoms with Gasteiger partial charge in [0.15, 0.2) is 0 Å². The van der Waals surface area contributed by atoms with Crippen molar-refractivity contribution in [3.63, 3.8) is 0 Å². The van der Waals surface area contributed by atoms with E-state index < -0.39 is 6.04 Å². The molecule has 1 heterocycles. The molecule has 2 N–H and O–H groups in total. The smallest absolute Gasteiger partial charge is 0.220 e. The predicted octanol–water partition coefficient (Wildman–Crippen LogP) is 1.59. The number of hydrogen-bond acceptors (Lipinski definition) is 3. The van der Waals surface area contributed by atoms with Crippen LogP contribution in [0.3, 0.4) is 0 Å². The molecule has 100 valence electrons. The molecule has 1 unspecified atom stereocenters. The Hall–Kier alpha value is -1.93. The number of primary amides is 1. The van der Waals surface area contributed by atoms with Crippen LogP contribution in [0.4, 0.5) is 4.39 Å². The normalized spacial score (nSPS) is 18.7. The number of carbonyl (C=O) groups is 1. The van der Waals surface area contributed by atoms with Gasteiger partial charge in [-0.2, -0.15) is 5.26 Å². The van der Waals surface area contributed by atoms with Gasteiger partial charge in [-0.1, -0.05) is 12.1 Å². The summed E-state index contributed by atoms with van der Waals surface area (Å²) in [5, 5.41) is 9.29. The Morgan fingerprint density at radius 3 is 2.68 bits per heavy atom. The first-order valence-electron chi connectivity index (χ1n) is 6.30. The molecule has 1 aromatic carbocycles. The van der Waals surface area contributed by atoms with E-state index in [-0.39, 0.29) is 17.6 Å². The maximum atomic E-state index is 13.2. The molecule has 1 aliphatic rings. The van der Waals surface area contributed by atoms with Gasteiger partial charge in [-0.05, 0) is 30.5 Å². The molecular formula is C14H16FN3O. The fourth-order valence-electron chi connectivity index (χ4n) is 2.49. The quantitative estimate of drug-likeness (QED) is 0.898. The monoisotopic (exact) mass is 261 g/mol.